The molecule has 3 heteroatoms. The zero-order valence-electron chi connectivity index (χ0n) is 11.3. The Balaban J connectivity index is 1.98. The molecule has 100 valence electrons. The van der Waals surface area contributed by atoms with E-state index in [0.717, 1.165) is 17.4 Å². The molecule has 18 heavy (non-hydrogen) atoms. The first-order valence-electron chi connectivity index (χ1n) is 6.84. The van der Waals surface area contributed by atoms with Gasteiger partial charge in [-0.15, -0.1) is 11.8 Å². The van der Waals surface area contributed by atoms with Gasteiger partial charge in [0.1, 0.15) is 5.75 Å². The molecule has 1 aliphatic carbocycles. The number of ether oxygens (including phenoxy) is 1. The Morgan fingerprint density at radius 1 is 1.33 bits per heavy atom. The lowest BCUT2D eigenvalue weighted by atomic mass is 10.1. The van der Waals surface area contributed by atoms with Gasteiger partial charge in [0.2, 0.25) is 0 Å². The van der Waals surface area contributed by atoms with Crippen molar-refractivity contribution in [3.8, 4) is 5.75 Å². The Morgan fingerprint density at radius 2 is 2.06 bits per heavy atom. The van der Waals surface area contributed by atoms with Crippen molar-refractivity contribution >= 4 is 17.4 Å². The quantitative estimate of drug-likeness (QED) is 0.635. The highest BCUT2D eigenvalue weighted by Gasteiger charge is 2.16. The fourth-order valence-corrected chi connectivity index (χ4v) is 3.57. The lowest BCUT2D eigenvalue weighted by Gasteiger charge is -2.15. The standard InChI is InChI=1S/C15H23NOS/c1-11(2)17-13-8-5-9-14(15(13)16)18-10-12-6-3-4-7-12/h5,8-9,11-12H,3-4,6-7,10,16H2,1-2H3. The molecule has 2 N–H and O–H groups in total. The molecule has 1 aliphatic rings. The first-order chi connectivity index (χ1) is 8.66. The van der Waals surface area contributed by atoms with Gasteiger partial charge >= 0.3 is 0 Å². The molecule has 2 nitrogen and oxygen atoms in total. The van der Waals surface area contributed by atoms with Crippen molar-refractivity contribution in [1.29, 1.82) is 0 Å². The fraction of sp³-hybridized carbons (Fsp3) is 0.600. The predicted octanol–water partition coefficient (Wildman–Crippen LogP) is 4.34. The van der Waals surface area contributed by atoms with Crippen LogP contribution in [0.15, 0.2) is 23.1 Å². The van der Waals surface area contributed by atoms with Crippen LogP contribution in [0.3, 0.4) is 0 Å². The predicted molar refractivity (Wildman–Crippen MR) is 79.3 cm³/mol. The van der Waals surface area contributed by atoms with Crippen LogP contribution < -0.4 is 10.5 Å². The summed E-state index contributed by atoms with van der Waals surface area (Å²) < 4.78 is 5.72. The Hall–Kier alpha value is -0.830. The molecular weight excluding hydrogens is 242 g/mol. The topological polar surface area (TPSA) is 35.2 Å². The third kappa shape index (κ3) is 3.58. The molecule has 1 fully saturated rings. The Morgan fingerprint density at radius 3 is 2.72 bits per heavy atom. The molecule has 0 bridgehead atoms. The fourth-order valence-electron chi connectivity index (χ4n) is 2.39. The molecule has 0 spiro atoms. The maximum Gasteiger partial charge on any atom is 0.143 e. The smallest absolute Gasteiger partial charge is 0.143 e. The molecule has 1 aromatic carbocycles. The number of thioether (sulfide) groups is 1. The molecule has 0 atom stereocenters. The molecule has 1 saturated carbocycles. The number of benzene rings is 1. The SMILES string of the molecule is CC(C)Oc1cccc(SCC2CCCC2)c1N. The van der Waals surface area contributed by atoms with Crippen molar-refractivity contribution < 1.29 is 4.74 Å². The van der Waals surface area contributed by atoms with E-state index in [0.29, 0.717) is 0 Å². The summed E-state index contributed by atoms with van der Waals surface area (Å²) in [7, 11) is 0. The summed E-state index contributed by atoms with van der Waals surface area (Å²) in [5.41, 5.74) is 6.97. The average molecular weight is 265 g/mol. The van der Waals surface area contributed by atoms with E-state index in [4.69, 9.17) is 10.5 Å². The highest BCUT2D eigenvalue weighted by molar-refractivity contribution is 7.99. The van der Waals surface area contributed by atoms with Crippen LogP contribution in [-0.2, 0) is 0 Å². The molecule has 0 aromatic heterocycles. The Bertz CT molecular complexity index is 386. The maximum atomic E-state index is 6.17. The van der Waals surface area contributed by atoms with Gasteiger partial charge in [0.25, 0.3) is 0 Å². The summed E-state index contributed by atoms with van der Waals surface area (Å²) in [6, 6.07) is 6.09. The maximum absolute atomic E-state index is 6.17. The number of hydrogen-bond donors (Lipinski definition) is 1. The monoisotopic (exact) mass is 265 g/mol. The number of nitrogens with two attached hydrogens (primary N) is 1. The number of nitrogen functional groups attached to an aromatic ring is 1. The second-order valence-electron chi connectivity index (χ2n) is 5.30. The number of anilines is 1. The van der Waals surface area contributed by atoms with Gasteiger partial charge in [-0.05, 0) is 44.7 Å². The van der Waals surface area contributed by atoms with E-state index < -0.39 is 0 Å². The van der Waals surface area contributed by atoms with Crippen LogP contribution in [-0.4, -0.2) is 11.9 Å². The van der Waals surface area contributed by atoms with Gasteiger partial charge in [-0.25, -0.2) is 0 Å². The normalized spacial score (nSPS) is 16.4. The van der Waals surface area contributed by atoms with E-state index in [1.165, 1.54) is 36.3 Å². The van der Waals surface area contributed by atoms with Gasteiger partial charge in [-0.1, -0.05) is 18.9 Å². The second-order valence-corrected chi connectivity index (χ2v) is 6.36. The summed E-state index contributed by atoms with van der Waals surface area (Å²) in [5.74, 6) is 2.89. The minimum Gasteiger partial charge on any atom is -0.489 e. The van der Waals surface area contributed by atoms with Crippen molar-refractivity contribution in [2.75, 3.05) is 11.5 Å². The summed E-state index contributed by atoms with van der Waals surface area (Å²) in [4.78, 5) is 1.17. The van der Waals surface area contributed by atoms with Gasteiger partial charge in [-0.3, -0.25) is 0 Å². The van der Waals surface area contributed by atoms with Crippen LogP contribution in [0.1, 0.15) is 39.5 Å². The zero-order valence-corrected chi connectivity index (χ0v) is 12.1. The van der Waals surface area contributed by atoms with Crippen molar-refractivity contribution in [2.45, 2.75) is 50.5 Å². The van der Waals surface area contributed by atoms with Gasteiger partial charge in [0.05, 0.1) is 11.8 Å². The molecule has 0 saturated heterocycles. The molecule has 1 aromatic rings. The van der Waals surface area contributed by atoms with Crippen molar-refractivity contribution in [3.05, 3.63) is 18.2 Å². The van der Waals surface area contributed by atoms with E-state index in [-0.39, 0.29) is 6.10 Å². The van der Waals surface area contributed by atoms with Crippen LogP contribution in [0, 0.1) is 5.92 Å². The summed E-state index contributed by atoms with van der Waals surface area (Å²) in [5, 5.41) is 0. The third-order valence-corrected chi connectivity index (χ3v) is 4.64. The lowest BCUT2D eigenvalue weighted by molar-refractivity contribution is 0.243. The van der Waals surface area contributed by atoms with E-state index >= 15 is 0 Å². The van der Waals surface area contributed by atoms with Gasteiger partial charge < -0.3 is 10.5 Å². The number of para-hydroxylation sites is 1. The molecule has 0 aliphatic heterocycles. The number of rotatable bonds is 5. The van der Waals surface area contributed by atoms with Crippen molar-refractivity contribution in [3.63, 3.8) is 0 Å². The third-order valence-electron chi connectivity index (χ3n) is 3.34. The van der Waals surface area contributed by atoms with Crippen LogP contribution in [0.5, 0.6) is 5.75 Å². The first kappa shape index (κ1) is 13.6. The molecule has 0 unspecified atom stereocenters. The van der Waals surface area contributed by atoms with Crippen molar-refractivity contribution in [1.82, 2.24) is 0 Å². The van der Waals surface area contributed by atoms with E-state index in [2.05, 4.69) is 6.07 Å². The molecule has 0 radical (unpaired) electrons. The van der Waals surface area contributed by atoms with Crippen LogP contribution in [0.25, 0.3) is 0 Å². The van der Waals surface area contributed by atoms with Gasteiger partial charge in [0.15, 0.2) is 0 Å². The Kier molecular flexibility index (Phi) is 4.81. The molecule has 0 amide bonds. The molecule has 2 rings (SSSR count). The zero-order chi connectivity index (χ0) is 13.0. The summed E-state index contributed by atoms with van der Waals surface area (Å²) in [6.45, 7) is 4.05. The highest BCUT2D eigenvalue weighted by Crippen LogP contribution is 2.36. The first-order valence-corrected chi connectivity index (χ1v) is 7.83. The van der Waals surface area contributed by atoms with Gasteiger partial charge in [0, 0.05) is 10.6 Å². The summed E-state index contributed by atoms with van der Waals surface area (Å²) >= 11 is 1.88. The molecule has 0 heterocycles. The Labute approximate surface area is 114 Å². The van der Waals surface area contributed by atoms with Gasteiger partial charge in [-0.2, -0.15) is 0 Å². The van der Waals surface area contributed by atoms with Crippen LogP contribution >= 0.6 is 11.8 Å². The minimum atomic E-state index is 0.169. The summed E-state index contributed by atoms with van der Waals surface area (Å²) in [6.07, 6.45) is 5.74. The van der Waals surface area contributed by atoms with E-state index in [1.54, 1.807) is 0 Å². The van der Waals surface area contributed by atoms with E-state index in [9.17, 15) is 0 Å². The average Bonchev–Trinajstić information content (AvgIpc) is 2.83. The van der Waals surface area contributed by atoms with Crippen LogP contribution in [0.2, 0.25) is 0 Å². The lowest BCUT2D eigenvalue weighted by Crippen LogP contribution is -2.08. The number of hydrogen-bond acceptors (Lipinski definition) is 3. The minimum absolute atomic E-state index is 0.169. The van der Waals surface area contributed by atoms with E-state index in [1.807, 2.05) is 37.7 Å². The molecular formula is C15H23NOS. The second kappa shape index (κ2) is 6.37. The highest BCUT2D eigenvalue weighted by atomic mass is 32.2. The van der Waals surface area contributed by atoms with Crippen molar-refractivity contribution in [2.24, 2.45) is 5.92 Å². The van der Waals surface area contributed by atoms with Crippen LogP contribution in [0.4, 0.5) is 5.69 Å². The largest absolute Gasteiger partial charge is 0.489 e.